The summed E-state index contributed by atoms with van der Waals surface area (Å²) in [5.74, 6) is -1.30. The minimum Gasteiger partial charge on any atom is -0.481 e. The Morgan fingerprint density at radius 1 is 1.10 bits per heavy atom. The van der Waals surface area contributed by atoms with Crippen molar-refractivity contribution in [2.45, 2.75) is 48.0 Å². The first-order chi connectivity index (χ1) is 8.88. The van der Waals surface area contributed by atoms with Crippen LogP contribution in [0.1, 0.15) is 48.0 Å². The average Bonchev–Trinajstić information content (AvgIpc) is 2.25. The van der Waals surface area contributed by atoms with Gasteiger partial charge in [-0.25, -0.2) is 4.79 Å². The monoisotopic (exact) mass is 286 g/mol. The summed E-state index contributed by atoms with van der Waals surface area (Å²) in [7, 11) is 0. The molecule has 20 heavy (non-hydrogen) atoms. The van der Waals surface area contributed by atoms with Crippen molar-refractivity contribution >= 4 is 17.9 Å². The Bertz CT molecular complexity index is 387. The van der Waals surface area contributed by atoms with Gasteiger partial charge in [0.25, 0.3) is 0 Å². The molecule has 0 atom stereocenters. The predicted molar refractivity (Wildman–Crippen MR) is 76.2 cm³/mol. The maximum absolute atomic E-state index is 11.6. The third-order valence-corrected chi connectivity index (χ3v) is 3.70. The van der Waals surface area contributed by atoms with E-state index in [0.29, 0.717) is 12.5 Å². The molecule has 0 radical (unpaired) electrons. The highest BCUT2D eigenvalue weighted by Crippen LogP contribution is 2.24. The maximum atomic E-state index is 11.6. The van der Waals surface area contributed by atoms with Crippen LogP contribution in [-0.2, 0) is 9.59 Å². The molecule has 0 spiro atoms. The smallest absolute Gasteiger partial charge is 0.321 e. The van der Waals surface area contributed by atoms with Gasteiger partial charge in [-0.05, 0) is 25.2 Å². The number of carbonyl (C=O) groups is 3. The van der Waals surface area contributed by atoms with Gasteiger partial charge in [-0.1, -0.05) is 27.7 Å². The van der Waals surface area contributed by atoms with Crippen LogP contribution in [0.2, 0.25) is 0 Å². The van der Waals surface area contributed by atoms with E-state index in [4.69, 9.17) is 5.11 Å². The summed E-state index contributed by atoms with van der Waals surface area (Å²) in [5, 5.41) is 13.7. The highest BCUT2D eigenvalue weighted by Gasteiger charge is 2.31. The molecule has 3 amide bonds. The van der Waals surface area contributed by atoms with Gasteiger partial charge >= 0.3 is 12.0 Å². The summed E-state index contributed by atoms with van der Waals surface area (Å²) >= 11 is 0. The second kappa shape index (κ2) is 6.72. The number of carbonyl (C=O) groups excluding carboxylic acids is 2. The Hall–Kier alpha value is -1.59. The lowest BCUT2D eigenvalue weighted by Crippen LogP contribution is -2.45. The van der Waals surface area contributed by atoms with Crippen molar-refractivity contribution in [3.8, 4) is 0 Å². The molecule has 0 aromatic rings. The van der Waals surface area contributed by atoms with Crippen molar-refractivity contribution in [1.29, 1.82) is 0 Å². The summed E-state index contributed by atoms with van der Waals surface area (Å²) in [6, 6.07) is -0.593. The zero-order valence-electron chi connectivity index (χ0n) is 13.2. The largest absolute Gasteiger partial charge is 0.481 e. The molecule has 0 rings (SSSR count). The van der Waals surface area contributed by atoms with Crippen LogP contribution in [0, 0.1) is 16.7 Å². The molecule has 0 saturated carbocycles. The van der Waals surface area contributed by atoms with E-state index in [0.717, 1.165) is 0 Å². The van der Waals surface area contributed by atoms with Crippen LogP contribution in [0.15, 0.2) is 0 Å². The molecule has 0 unspecified atom stereocenters. The molecule has 116 valence electrons. The molecule has 0 aliphatic rings. The fourth-order valence-electron chi connectivity index (χ4n) is 1.20. The van der Waals surface area contributed by atoms with Gasteiger partial charge in [-0.3, -0.25) is 14.9 Å². The number of nitrogens with one attached hydrogen (secondary N) is 2. The lowest BCUT2D eigenvalue weighted by atomic mass is 9.81. The molecular formula is C14H26N2O4. The van der Waals surface area contributed by atoms with E-state index < -0.39 is 23.3 Å². The Morgan fingerprint density at radius 2 is 1.60 bits per heavy atom. The van der Waals surface area contributed by atoms with Gasteiger partial charge in [-0.2, -0.15) is 0 Å². The lowest BCUT2D eigenvalue weighted by molar-refractivity contribution is -0.149. The Balaban J connectivity index is 4.29. The molecule has 6 heteroatoms. The SMILES string of the molecule is CC(C)C(C)(C)CNC(=O)NC(=O)CC(C)(C)C(=O)O. The molecule has 0 aliphatic heterocycles. The van der Waals surface area contributed by atoms with E-state index in [2.05, 4.69) is 24.5 Å². The number of imide groups is 1. The minimum atomic E-state index is -1.19. The molecule has 0 aliphatic carbocycles. The molecule has 0 aromatic carbocycles. The summed E-state index contributed by atoms with van der Waals surface area (Å²) < 4.78 is 0. The molecule has 0 aromatic heterocycles. The molecule has 0 fully saturated rings. The number of hydrogen-bond acceptors (Lipinski definition) is 3. The first kappa shape index (κ1) is 18.4. The Morgan fingerprint density at radius 3 is 2.00 bits per heavy atom. The van der Waals surface area contributed by atoms with E-state index in [1.54, 1.807) is 0 Å². The first-order valence-corrected chi connectivity index (χ1v) is 6.69. The van der Waals surface area contributed by atoms with Crippen LogP contribution in [0.25, 0.3) is 0 Å². The van der Waals surface area contributed by atoms with Crippen LogP contribution >= 0.6 is 0 Å². The number of hydrogen-bond donors (Lipinski definition) is 3. The third-order valence-electron chi connectivity index (χ3n) is 3.70. The highest BCUT2D eigenvalue weighted by molar-refractivity contribution is 5.96. The highest BCUT2D eigenvalue weighted by atomic mass is 16.4. The van der Waals surface area contributed by atoms with Gasteiger partial charge in [0.2, 0.25) is 5.91 Å². The van der Waals surface area contributed by atoms with E-state index in [1.165, 1.54) is 13.8 Å². The maximum Gasteiger partial charge on any atom is 0.321 e. The van der Waals surface area contributed by atoms with E-state index in [-0.39, 0.29) is 11.8 Å². The zero-order chi connectivity index (χ0) is 16.1. The average molecular weight is 286 g/mol. The third kappa shape index (κ3) is 6.04. The lowest BCUT2D eigenvalue weighted by Gasteiger charge is -2.29. The predicted octanol–water partition coefficient (Wildman–Crippen LogP) is 2.00. The number of amides is 3. The minimum absolute atomic E-state index is 0.0826. The number of carboxylic acid groups (broad SMARTS) is 1. The number of carboxylic acids is 1. The van der Waals surface area contributed by atoms with E-state index in [9.17, 15) is 14.4 Å². The molecule has 0 saturated heterocycles. The molecule has 6 nitrogen and oxygen atoms in total. The van der Waals surface area contributed by atoms with Crippen LogP contribution < -0.4 is 10.6 Å². The number of aliphatic carboxylic acids is 1. The van der Waals surface area contributed by atoms with E-state index >= 15 is 0 Å². The van der Waals surface area contributed by atoms with Crippen molar-refractivity contribution in [3.63, 3.8) is 0 Å². The summed E-state index contributed by atoms with van der Waals surface area (Å²) in [5.41, 5.74) is -1.28. The van der Waals surface area contributed by atoms with Gasteiger partial charge in [0, 0.05) is 13.0 Å². The Labute approximate surface area is 120 Å². The summed E-state index contributed by atoms with van der Waals surface area (Å²) in [6.45, 7) is 11.5. The van der Waals surface area contributed by atoms with Gasteiger partial charge in [-0.15, -0.1) is 0 Å². The number of urea groups is 1. The van der Waals surface area contributed by atoms with Crippen molar-refractivity contribution in [3.05, 3.63) is 0 Å². The second-order valence-electron chi connectivity index (χ2n) is 6.74. The van der Waals surface area contributed by atoms with Gasteiger partial charge < -0.3 is 10.4 Å². The van der Waals surface area contributed by atoms with Gasteiger partial charge in [0.05, 0.1) is 5.41 Å². The van der Waals surface area contributed by atoms with Crippen molar-refractivity contribution in [2.24, 2.45) is 16.7 Å². The zero-order valence-corrected chi connectivity index (χ0v) is 13.2. The van der Waals surface area contributed by atoms with Gasteiger partial charge in [0.15, 0.2) is 0 Å². The molecular weight excluding hydrogens is 260 g/mol. The normalized spacial score (nSPS) is 12.2. The fraction of sp³-hybridized carbons (Fsp3) is 0.786. The summed E-state index contributed by atoms with van der Waals surface area (Å²) in [4.78, 5) is 34.1. The quantitative estimate of drug-likeness (QED) is 0.696. The van der Waals surface area contributed by atoms with Gasteiger partial charge in [0.1, 0.15) is 0 Å². The van der Waals surface area contributed by atoms with Crippen LogP contribution in [0.3, 0.4) is 0 Å². The van der Waals surface area contributed by atoms with Crippen LogP contribution in [-0.4, -0.2) is 29.6 Å². The van der Waals surface area contributed by atoms with Crippen LogP contribution in [0.5, 0.6) is 0 Å². The van der Waals surface area contributed by atoms with Crippen molar-refractivity contribution in [2.75, 3.05) is 6.54 Å². The standard InChI is InChI=1S/C14H26N2O4/c1-9(2)14(5,6)8-15-12(20)16-10(17)7-13(3,4)11(18)19/h9H,7-8H2,1-6H3,(H,18,19)(H2,15,16,17,20). The number of rotatable bonds is 6. The molecule has 0 bridgehead atoms. The fourth-order valence-corrected chi connectivity index (χ4v) is 1.20. The second-order valence-corrected chi connectivity index (χ2v) is 6.74. The van der Waals surface area contributed by atoms with Crippen molar-refractivity contribution < 1.29 is 19.5 Å². The molecule has 3 N–H and O–H groups in total. The van der Waals surface area contributed by atoms with Crippen LogP contribution in [0.4, 0.5) is 4.79 Å². The molecule has 0 heterocycles. The van der Waals surface area contributed by atoms with Crippen molar-refractivity contribution in [1.82, 2.24) is 10.6 Å². The van der Waals surface area contributed by atoms with E-state index in [1.807, 2.05) is 13.8 Å². The Kier molecular flexibility index (Phi) is 6.19. The topological polar surface area (TPSA) is 95.5 Å². The first-order valence-electron chi connectivity index (χ1n) is 6.69. The summed E-state index contributed by atoms with van der Waals surface area (Å²) in [6.07, 6.45) is -0.247.